The summed E-state index contributed by atoms with van der Waals surface area (Å²) in [6, 6.07) is 0.464. The third-order valence-electron chi connectivity index (χ3n) is 3.93. The van der Waals surface area contributed by atoms with Gasteiger partial charge in [0.2, 0.25) is 11.4 Å². The lowest BCUT2D eigenvalue weighted by molar-refractivity contribution is -0.158. The summed E-state index contributed by atoms with van der Waals surface area (Å²) < 4.78 is 19.6. The summed E-state index contributed by atoms with van der Waals surface area (Å²) in [5.41, 5.74) is -1.07. The van der Waals surface area contributed by atoms with Gasteiger partial charge in [-0.25, -0.2) is 4.79 Å². The second-order valence-corrected chi connectivity index (χ2v) is 6.51. The summed E-state index contributed by atoms with van der Waals surface area (Å²) in [5, 5.41) is 0. The van der Waals surface area contributed by atoms with Crippen LogP contribution in [0.5, 0.6) is 5.88 Å². The van der Waals surface area contributed by atoms with Crippen molar-refractivity contribution in [3.05, 3.63) is 0 Å². The lowest BCUT2D eigenvalue weighted by atomic mass is 10.0. The molecule has 0 aromatic carbocycles. The number of carbonyl (C=O) groups excluding carboxylic acids is 1. The van der Waals surface area contributed by atoms with Gasteiger partial charge in [0.05, 0.1) is 18.3 Å². The first-order valence-corrected chi connectivity index (χ1v) is 8.68. The molecule has 1 fully saturated rings. The van der Waals surface area contributed by atoms with Crippen molar-refractivity contribution in [1.29, 1.82) is 0 Å². The van der Waals surface area contributed by atoms with E-state index in [2.05, 4.69) is 20.6 Å². The van der Waals surface area contributed by atoms with Crippen molar-refractivity contribution in [2.24, 2.45) is 0 Å². The molecule has 1 aliphatic rings. The molecular formula is C15H25N3O3S. The fourth-order valence-corrected chi connectivity index (χ4v) is 3.20. The maximum atomic E-state index is 12.0. The number of hydrogen-bond donors (Lipinski definition) is 0. The zero-order valence-corrected chi connectivity index (χ0v) is 14.6. The van der Waals surface area contributed by atoms with Gasteiger partial charge in [0.25, 0.3) is 5.88 Å². The molecule has 0 amide bonds. The Morgan fingerprint density at radius 1 is 1.36 bits per heavy atom. The second-order valence-electron chi connectivity index (χ2n) is 5.98. The molecule has 6 nitrogen and oxygen atoms in total. The van der Waals surface area contributed by atoms with E-state index < -0.39 is 5.60 Å². The average Bonchev–Trinajstić information content (AvgIpc) is 2.94. The Morgan fingerprint density at radius 3 is 2.82 bits per heavy atom. The predicted molar refractivity (Wildman–Crippen MR) is 86.5 cm³/mol. The van der Waals surface area contributed by atoms with E-state index in [4.69, 9.17) is 9.47 Å². The van der Waals surface area contributed by atoms with Crippen LogP contribution in [-0.4, -0.2) is 39.5 Å². The Labute approximate surface area is 136 Å². The van der Waals surface area contributed by atoms with Crippen molar-refractivity contribution in [3.8, 4) is 5.88 Å². The number of hydrogen-bond acceptors (Lipinski definition) is 7. The summed E-state index contributed by atoms with van der Waals surface area (Å²) in [6.07, 6.45) is 4.62. The van der Waals surface area contributed by atoms with Crippen molar-refractivity contribution < 1.29 is 14.3 Å². The third kappa shape index (κ3) is 3.69. The number of rotatable bonds is 6. The standard InChI is InChI=1S/C15H25N3O3S/c1-5-11-9-7-8-10-18(11)12-13(17-22-16-12)21-15(3,4)14(19)20-6-2/h11H,5-10H2,1-4H3. The summed E-state index contributed by atoms with van der Waals surface area (Å²) in [7, 11) is 0. The van der Waals surface area contributed by atoms with Crippen LogP contribution in [-0.2, 0) is 9.53 Å². The zero-order chi connectivity index (χ0) is 16.2. The van der Waals surface area contributed by atoms with E-state index in [-0.39, 0.29) is 5.97 Å². The van der Waals surface area contributed by atoms with Gasteiger partial charge in [-0.15, -0.1) is 4.37 Å². The molecule has 0 saturated carbocycles. The predicted octanol–water partition coefficient (Wildman–Crippen LogP) is 3.03. The molecule has 0 spiro atoms. The van der Waals surface area contributed by atoms with Crippen LogP contribution < -0.4 is 9.64 Å². The Hall–Kier alpha value is -1.37. The van der Waals surface area contributed by atoms with Crippen LogP contribution in [0.25, 0.3) is 0 Å². The van der Waals surface area contributed by atoms with Crippen molar-refractivity contribution >= 4 is 23.5 Å². The molecule has 1 aliphatic heterocycles. The summed E-state index contributed by atoms with van der Waals surface area (Å²) in [4.78, 5) is 14.3. The first-order chi connectivity index (χ1) is 10.5. The first kappa shape index (κ1) is 17.0. The summed E-state index contributed by atoms with van der Waals surface area (Å²) >= 11 is 1.12. The van der Waals surface area contributed by atoms with E-state index in [1.807, 2.05) is 0 Å². The van der Waals surface area contributed by atoms with Crippen molar-refractivity contribution in [3.63, 3.8) is 0 Å². The Balaban J connectivity index is 2.17. The molecular weight excluding hydrogens is 302 g/mol. The van der Waals surface area contributed by atoms with E-state index in [1.165, 1.54) is 6.42 Å². The van der Waals surface area contributed by atoms with E-state index in [0.717, 1.165) is 43.4 Å². The number of carbonyl (C=O) groups is 1. The highest BCUT2D eigenvalue weighted by Crippen LogP contribution is 2.34. The quantitative estimate of drug-likeness (QED) is 0.748. The Kier molecular flexibility index (Phi) is 5.61. The molecule has 0 N–H and O–H groups in total. The molecule has 0 bridgehead atoms. The topological polar surface area (TPSA) is 64.5 Å². The SMILES string of the molecule is CCOC(=O)C(C)(C)Oc1nsnc1N1CCCCC1CC. The van der Waals surface area contributed by atoms with Crippen LogP contribution in [0.4, 0.5) is 5.82 Å². The molecule has 7 heteroatoms. The van der Waals surface area contributed by atoms with Gasteiger partial charge >= 0.3 is 5.97 Å². The van der Waals surface area contributed by atoms with Gasteiger partial charge in [-0.3, -0.25) is 0 Å². The highest BCUT2D eigenvalue weighted by Gasteiger charge is 2.35. The minimum Gasteiger partial charge on any atom is -0.463 e. The zero-order valence-electron chi connectivity index (χ0n) is 13.8. The monoisotopic (exact) mass is 327 g/mol. The van der Waals surface area contributed by atoms with Gasteiger partial charge in [0.15, 0.2) is 0 Å². The lowest BCUT2D eigenvalue weighted by Crippen LogP contribution is -2.42. The van der Waals surface area contributed by atoms with Crippen LogP contribution in [0.1, 0.15) is 53.4 Å². The number of aromatic nitrogens is 2. The molecule has 124 valence electrons. The lowest BCUT2D eigenvalue weighted by Gasteiger charge is -2.36. The second kappa shape index (κ2) is 7.26. The first-order valence-electron chi connectivity index (χ1n) is 7.95. The van der Waals surface area contributed by atoms with Crippen LogP contribution >= 0.6 is 11.7 Å². The van der Waals surface area contributed by atoms with E-state index >= 15 is 0 Å². The molecule has 1 atom stereocenters. The normalized spacial score (nSPS) is 19.1. The highest BCUT2D eigenvalue weighted by molar-refractivity contribution is 6.99. The maximum absolute atomic E-state index is 12.0. The number of anilines is 1. The van der Waals surface area contributed by atoms with Crippen LogP contribution in [0.2, 0.25) is 0 Å². The Bertz CT molecular complexity index is 504. The largest absolute Gasteiger partial charge is 0.463 e. The van der Waals surface area contributed by atoms with Crippen molar-refractivity contribution in [2.45, 2.75) is 65.0 Å². The van der Waals surface area contributed by atoms with Gasteiger partial charge in [-0.05, 0) is 46.5 Å². The minimum absolute atomic E-state index is 0.331. The number of nitrogens with zero attached hydrogens (tertiary/aromatic N) is 3. The Morgan fingerprint density at radius 2 is 2.14 bits per heavy atom. The fourth-order valence-electron chi connectivity index (χ4n) is 2.71. The number of piperidine rings is 1. The van der Waals surface area contributed by atoms with Gasteiger partial charge < -0.3 is 14.4 Å². The van der Waals surface area contributed by atoms with E-state index in [9.17, 15) is 4.79 Å². The van der Waals surface area contributed by atoms with E-state index in [0.29, 0.717) is 18.5 Å². The fraction of sp³-hybridized carbons (Fsp3) is 0.800. The summed E-state index contributed by atoms with van der Waals surface area (Å²) in [6.45, 7) is 8.65. The number of ether oxygens (including phenoxy) is 2. The molecule has 1 aromatic heterocycles. The maximum Gasteiger partial charge on any atom is 0.349 e. The molecule has 1 unspecified atom stereocenters. The van der Waals surface area contributed by atoms with Crippen LogP contribution in [0.15, 0.2) is 0 Å². The van der Waals surface area contributed by atoms with Gasteiger partial charge in [-0.2, -0.15) is 4.37 Å². The minimum atomic E-state index is -1.07. The molecule has 22 heavy (non-hydrogen) atoms. The van der Waals surface area contributed by atoms with Gasteiger partial charge in [0.1, 0.15) is 0 Å². The number of esters is 1. The molecule has 1 aromatic rings. The molecule has 0 aliphatic carbocycles. The van der Waals surface area contributed by atoms with Crippen molar-refractivity contribution in [1.82, 2.24) is 8.75 Å². The molecule has 2 heterocycles. The van der Waals surface area contributed by atoms with Crippen molar-refractivity contribution in [2.75, 3.05) is 18.1 Å². The van der Waals surface area contributed by atoms with Crippen LogP contribution in [0.3, 0.4) is 0 Å². The van der Waals surface area contributed by atoms with Gasteiger partial charge in [-0.1, -0.05) is 6.92 Å². The third-order valence-corrected chi connectivity index (χ3v) is 4.43. The van der Waals surface area contributed by atoms with E-state index in [1.54, 1.807) is 20.8 Å². The van der Waals surface area contributed by atoms with Crippen LogP contribution in [0, 0.1) is 0 Å². The highest BCUT2D eigenvalue weighted by atomic mass is 32.1. The molecule has 2 rings (SSSR count). The molecule has 1 saturated heterocycles. The summed E-state index contributed by atoms with van der Waals surface area (Å²) in [5.74, 6) is 0.803. The average molecular weight is 327 g/mol. The van der Waals surface area contributed by atoms with Gasteiger partial charge in [0, 0.05) is 12.6 Å². The smallest absolute Gasteiger partial charge is 0.349 e. The molecule has 0 radical (unpaired) electrons.